The van der Waals surface area contributed by atoms with E-state index in [1.165, 1.54) is 0 Å². The van der Waals surface area contributed by atoms with Crippen molar-refractivity contribution in [2.45, 2.75) is 39.8 Å². The summed E-state index contributed by atoms with van der Waals surface area (Å²) in [5, 5.41) is 14.4. The number of carbonyl (C=O) groups is 1. The van der Waals surface area contributed by atoms with Gasteiger partial charge in [0.2, 0.25) is 0 Å². The molecular weight excluding hydrogens is 462 g/mol. The van der Waals surface area contributed by atoms with E-state index in [-0.39, 0.29) is 43.5 Å². The first kappa shape index (κ1) is 27.0. The summed E-state index contributed by atoms with van der Waals surface area (Å²) < 4.78 is 21.1. The molecular formula is C25H30ClNO7. The number of hydrogen-bond acceptors (Lipinski definition) is 8. The second-order valence-electron chi connectivity index (χ2n) is 7.53. The number of nitrogens with one attached hydrogen (secondary N) is 1. The van der Waals surface area contributed by atoms with Gasteiger partial charge in [0.15, 0.2) is 11.5 Å². The van der Waals surface area contributed by atoms with Gasteiger partial charge in [-0.25, -0.2) is 4.79 Å². The maximum absolute atomic E-state index is 12.7. The third-order valence-electron chi connectivity index (χ3n) is 5.50. The van der Waals surface area contributed by atoms with Gasteiger partial charge in [-0.2, -0.15) is 0 Å². The summed E-state index contributed by atoms with van der Waals surface area (Å²) in [6.45, 7) is 4.63. The molecule has 1 aromatic heterocycles. The van der Waals surface area contributed by atoms with Crippen molar-refractivity contribution >= 4 is 29.3 Å². The molecule has 0 amide bonds. The van der Waals surface area contributed by atoms with E-state index in [1.54, 1.807) is 33.3 Å². The number of ether oxygens (including phenoxy) is 3. The molecule has 0 fully saturated rings. The Hall–Kier alpha value is -3.23. The lowest BCUT2D eigenvalue weighted by Crippen LogP contribution is -2.16. The number of methoxy groups -OCH3 is 2. The minimum atomic E-state index is -0.518. The largest absolute Gasteiger partial charge is 0.507 e. The maximum atomic E-state index is 12.7. The van der Waals surface area contributed by atoms with E-state index in [2.05, 4.69) is 5.32 Å². The molecule has 1 heterocycles. The van der Waals surface area contributed by atoms with E-state index in [9.17, 15) is 14.7 Å². The normalized spacial score (nSPS) is 10.6. The van der Waals surface area contributed by atoms with Crippen molar-refractivity contribution in [1.82, 2.24) is 5.32 Å². The van der Waals surface area contributed by atoms with E-state index in [4.69, 9.17) is 18.6 Å². The molecule has 8 nitrogen and oxygen atoms in total. The summed E-state index contributed by atoms with van der Waals surface area (Å²) in [5.74, 6) is 0.942. The molecule has 9 heteroatoms. The summed E-state index contributed by atoms with van der Waals surface area (Å²) in [7, 11) is 3.16. The third kappa shape index (κ3) is 6.01. The topological polar surface area (TPSA) is 107 Å². The Morgan fingerprint density at radius 2 is 1.79 bits per heavy atom. The zero-order valence-electron chi connectivity index (χ0n) is 19.7. The number of carbonyl (C=O) groups excluding carboxylic acids is 1. The van der Waals surface area contributed by atoms with Crippen molar-refractivity contribution in [2.24, 2.45) is 0 Å². The Morgan fingerprint density at radius 3 is 2.47 bits per heavy atom. The Kier molecular flexibility index (Phi) is 9.77. The standard InChI is InChI=1S/C25H29NO7.ClH/c1-5-32-23(28)11-8-18-15(2)17-7-9-20(27)19(24(17)33-25(18)29)14-26-13-16-6-10-21(30-3)22(12-16)31-4;/h6-7,9-10,12,26-27H,5,8,11,13-14H2,1-4H3;1H. The minimum absolute atomic E-state index is 0. The van der Waals surface area contributed by atoms with E-state index < -0.39 is 5.63 Å². The number of phenols is 1. The van der Waals surface area contributed by atoms with Crippen molar-refractivity contribution in [2.75, 3.05) is 20.8 Å². The van der Waals surface area contributed by atoms with Crippen LogP contribution in [0.25, 0.3) is 11.0 Å². The molecule has 2 N–H and O–H groups in total. The SMILES string of the molecule is CCOC(=O)CCc1c(C)c2ccc(O)c(CNCc3ccc(OC)c(OC)c3)c2oc1=O.Cl. The van der Waals surface area contributed by atoms with Gasteiger partial charge < -0.3 is 29.1 Å². The van der Waals surface area contributed by atoms with Crippen LogP contribution < -0.4 is 20.4 Å². The first-order valence-electron chi connectivity index (χ1n) is 10.7. The number of aryl methyl sites for hydroxylation is 1. The quantitative estimate of drug-likeness (QED) is 0.323. The summed E-state index contributed by atoms with van der Waals surface area (Å²) in [6, 6.07) is 8.91. The van der Waals surface area contributed by atoms with Crippen LogP contribution in [-0.2, 0) is 29.0 Å². The fraction of sp³-hybridized carbons (Fsp3) is 0.360. The molecule has 3 aromatic rings. The van der Waals surface area contributed by atoms with Crippen LogP contribution in [0.4, 0.5) is 0 Å². The summed E-state index contributed by atoms with van der Waals surface area (Å²) >= 11 is 0. The van der Waals surface area contributed by atoms with E-state index in [0.717, 1.165) is 11.1 Å². The smallest absolute Gasteiger partial charge is 0.339 e. The molecule has 184 valence electrons. The highest BCUT2D eigenvalue weighted by molar-refractivity contribution is 5.86. The molecule has 0 unspecified atom stereocenters. The Bertz CT molecular complexity index is 1210. The molecule has 0 aliphatic heterocycles. The Labute approximate surface area is 204 Å². The number of esters is 1. The molecule has 2 aromatic carbocycles. The van der Waals surface area contributed by atoms with Gasteiger partial charge in [0.25, 0.3) is 0 Å². The Morgan fingerprint density at radius 1 is 1.06 bits per heavy atom. The second-order valence-corrected chi connectivity index (χ2v) is 7.53. The number of benzene rings is 2. The number of aromatic hydroxyl groups is 1. The summed E-state index contributed by atoms with van der Waals surface area (Å²) in [6.07, 6.45) is 0.333. The fourth-order valence-corrected chi connectivity index (χ4v) is 3.74. The van der Waals surface area contributed by atoms with Crippen molar-refractivity contribution < 1.29 is 28.5 Å². The third-order valence-corrected chi connectivity index (χ3v) is 5.50. The molecule has 34 heavy (non-hydrogen) atoms. The lowest BCUT2D eigenvalue weighted by molar-refractivity contribution is -0.143. The van der Waals surface area contributed by atoms with Crippen LogP contribution in [0.15, 0.2) is 39.5 Å². The van der Waals surface area contributed by atoms with Gasteiger partial charge in [0.05, 0.1) is 26.4 Å². The van der Waals surface area contributed by atoms with Crippen molar-refractivity contribution in [1.29, 1.82) is 0 Å². The van der Waals surface area contributed by atoms with Gasteiger partial charge >= 0.3 is 11.6 Å². The number of rotatable bonds is 10. The monoisotopic (exact) mass is 491 g/mol. The molecule has 0 aliphatic rings. The van der Waals surface area contributed by atoms with Gasteiger partial charge in [-0.1, -0.05) is 6.07 Å². The molecule has 0 bridgehead atoms. The first-order valence-corrected chi connectivity index (χ1v) is 10.7. The highest BCUT2D eigenvalue weighted by Crippen LogP contribution is 2.30. The van der Waals surface area contributed by atoms with Crippen LogP contribution in [-0.4, -0.2) is 31.9 Å². The van der Waals surface area contributed by atoms with Gasteiger partial charge in [0, 0.05) is 30.5 Å². The van der Waals surface area contributed by atoms with E-state index >= 15 is 0 Å². The predicted molar refractivity (Wildman–Crippen MR) is 131 cm³/mol. The lowest BCUT2D eigenvalue weighted by atomic mass is 10.00. The second kappa shape index (κ2) is 12.3. The summed E-state index contributed by atoms with van der Waals surface area (Å²) in [5.41, 5.74) is 2.43. The van der Waals surface area contributed by atoms with Gasteiger partial charge in [0.1, 0.15) is 11.3 Å². The van der Waals surface area contributed by atoms with Gasteiger partial charge in [-0.15, -0.1) is 12.4 Å². The first-order chi connectivity index (χ1) is 15.9. The van der Waals surface area contributed by atoms with Crippen LogP contribution in [0.5, 0.6) is 17.2 Å². The molecule has 0 radical (unpaired) electrons. The highest BCUT2D eigenvalue weighted by atomic mass is 35.5. The number of phenolic OH excluding ortho intramolecular Hbond substituents is 1. The number of halogens is 1. The zero-order valence-corrected chi connectivity index (χ0v) is 20.5. The average Bonchev–Trinajstić information content (AvgIpc) is 2.80. The molecule has 0 saturated heterocycles. The molecule has 0 aliphatic carbocycles. The van der Waals surface area contributed by atoms with Crippen LogP contribution in [0.1, 0.15) is 35.6 Å². The Balaban J connectivity index is 0.00000408. The van der Waals surface area contributed by atoms with Crippen molar-refractivity contribution in [3.05, 3.63) is 63.0 Å². The van der Waals surface area contributed by atoms with Crippen LogP contribution in [0, 0.1) is 6.92 Å². The van der Waals surface area contributed by atoms with E-state index in [0.29, 0.717) is 46.7 Å². The summed E-state index contributed by atoms with van der Waals surface area (Å²) in [4.78, 5) is 24.4. The van der Waals surface area contributed by atoms with E-state index in [1.807, 2.05) is 25.1 Å². The van der Waals surface area contributed by atoms with Crippen LogP contribution >= 0.6 is 12.4 Å². The van der Waals surface area contributed by atoms with Crippen molar-refractivity contribution in [3.63, 3.8) is 0 Å². The van der Waals surface area contributed by atoms with Gasteiger partial charge in [-0.05, 0) is 55.7 Å². The zero-order chi connectivity index (χ0) is 24.0. The molecule has 0 saturated carbocycles. The minimum Gasteiger partial charge on any atom is -0.507 e. The molecule has 0 atom stereocenters. The average molecular weight is 492 g/mol. The van der Waals surface area contributed by atoms with Crippen LogP contribution in [0.3, 0.4) is 0 Å². The lowest BCUT2D eigenvalue weighted by Gasteiger charge is -2.13. The maximum Gasteiger partial charge on any atom is 0.339 e. The van der Waals surface area contributed by atoms with Gasteiger partial charge in [-0.3, -0.25) is 4.79 Å². The number of fused-ring (bicyclic) bond motifs is 1. The molecule has 0 spiro atoms. The fourth-order valence-electron chi connectivity index (χ4n) is 3.74. The number of hydrogen-bond donors (Lipinski definition) is 2. The predicted octanol–water partition coefficient (Wildman–Crippen LogP) is 4.03. The molecule has 3 rings (SSSR count). The van der Waals surface area contributed by atoms with Crippen molar-refractivity contribution in [3.8, 4) is 17.2 Å². The highest BCUT2D eigenvalue weighted by Gasteiger charge is 2.17. The van der Waals surface area contributed by atoms with Crippen LogP contribution in [0.2, 0.25) is 0 Å².